The molecule has 0 aromatic rings. The SMILES string of the molecule is C=C(CC)C(=O)N(CC)CCCN. The van der Waals surface area contributed by atoms with Gasteiger partial charge in [-0.25, -0.2) is 0 Å². The fraction of sp³-hybridized carbons (Fsp3) is 0.700. The number of hydrogen-bond acceptors (Lipinski definition) is 2. The first-order chi connectivity index (χ1) is 6.17. The van der Waals surface area contributed by atoms with E-state index in [2.05, 4.69) is 6.58 Å². The van der Waals surface area contributed by atoms with Crippen molar-refractivity contribution in [2.45, 2.75) is 26.7 Å². The van der Waals surface area contributed by atoms with Gasteiger partial charge in [-0.1, -0.05) is 13.5 Å². The van der Waals surface area contributed by atoms with E-state index in [0.29, 0.717) is 12.1 Å². The molecule has 0 aliphatic rings. The second-order valence-corrected chi connectivity index (χ2v) is 2.98. The first-order valence-corrected chi connectivity index (χ1v) is 4.84. The maximum atomic E-state index is 11.6. The third kappa shape index (κ3) is 4.08. The van der Waals surface area contributed by atoms with Crippen molar-refractivity contribution in [2.75, 3.05) is 19.6 Å². The van der Waals surface area contributed by atoms with Crippen molar-refractivity contribution < 1.29 is 4.79 Å². The monoisotopic (exact) mass is 184 g/mol. The Morgan fingerprint density at radius 3 is 2.46 bits per heavy atom. The largest absolute Gasteiger partial charge is 0.339 e. The van der Waals surface area contributed by atoms with Crippen molar-refractivity contribution in [3.8, 4) is 0 Å². The maximum Gasteiger partial charge on any atom is 0.249 e. The summed E-state index contributed by atoms with van der Waals surface area (Å²) in [5, 5.41) is 0. The summed E-state index contributed by atoms with van der Waals surface area (Å²) < 4.78 is 0. The zero-order chi connectivity index (χ0) is 10.3. The van der Waals surface area contributed by atoms with Crippen LogP contribution in [0.25, 0.3) is 0 Å². The van der Waals surface area contributed by atoms with Gasteiger partial charge in [-0.3, -0.25) is 4.79 Å². The van der Waals surface area contributed by atoms with Gasteiger partial charge < -0.3 is 10.6 Å². The van der Waals surface area contributed by atoms with Gasteiger partial charge in [-0.15, -0.1) is 0 Å². The van der Waals surface area contributed by atoms with Gasteiger partial charge in [0, 0.05) is 18.7 Å². The summed E-state index contributed by atoms with van der Waals surface area (Å²) in [6.45, 7) is 9.74. The summed E-state index contributed by atoms with van der Waals surface area (Å²) >= 11 is 0. The van der Waals surface area contributed by atoms with Gasteiger partial charge in [0.2, 0.25) is 5.91 Å². The van der Waals surface area contributed by atoms with Crippen LogP contribution in [0.1, 0.15) is 26.7 Å². The first kappa shape index (κ1) is 12.2. The van der Waals surface area contributed by atoms with Crippen molar-refractivity contribution in [2.24, 2.45) is 5.73 Å². The summed E-state index contributed by atoms with van der Waals surface area (Å²) in [4.78, 5) is 13.4. The van der Waals surface area contributed by atoms with E-state index in [9.17, 15) is 4.79 Å². The molecule has 0 heterocycles. The van der Waals surface area contributed by atoms with E-state index >= 15 is 0 Å². The zero-order valence-electron chi connectivity index (χ0n) is 8.68. The number of carbonyl (C=O) groups is 1. The Labute approximate surface area is 80.6 Å². The third-order valence-corrected chi connectivity index (χ3v) is 2.03. The molecule has 0 atom stereocenters. The first-order valence-electron chi connectivity index (χ1n) is 4.84. The van der Waals surface area contributed by atoms with Crippen LogP contribution in [-0.2, 0) is 4.79 Å². The quantitative estimate of drug-likeness (QED) is 0.629. The predicted molar refractivity (Wildman–Crippen MR) is 55.4 cm³/mol. The van der Waals surface area contributed by atoms with Gasteiger partial charge >= 0.3 is 0 Å². The molecule has 0 aliphatic heterocycles. The standard InChI is InChI=1S/C10H20N2O/c1-4-9(3)10(13)12(5-2)8-6-7-11/h3-8,11H2,1-2H3. The topological polar surface area (TPSA) is 46.3 Å². The Morgan fingerprint density at radius 2 is 2.08 bits per heavy atom. The van der Waals surface area contributed by atoms with E-state index in [1.807, 2.05) is 13.8 Å². The lowest BCUT2D eigenvalue weighted by Gasteiger charge is -2.21. The minimum atomic E-state index is 0.0680. The molecule has 0 rings (SSSR count). The van der Waals surface area contributed by atoms with Gasteiger partial charge in [-0.05, 0) is 26.3 Å². The third-order valence-electron chi connectivity index (χ3n) is 2.03. The lowest BCUT2D eigenvalue weighted by atomic mass is 10.2. The highest BCUT2D eigenvalue weighted by molar-refractivity contribution is 5.92. The zero-order valence-corrected chi connectivity index (χ0v) is 8.68. The Morgan fingerprint density at radius 1 is 1.46 bits per heavy atom. The van der Waals surface area contributed by atoms with E-state index in [-0.39, 0.29) is 5.91 Å². The van der Waals surface area contributed by atoms with Gasteiger partial charge in [0.25, 0.3) is 0 Å². The highest BCUT2D eigenvalue weighted by Crippen LogP contribution is 2.03. The molecule has 3 nitrogen and oxygen atoms in total. The van der Waals surface area contributed by atoms with Crippen LogP contribution < -0.4 is 5.73 Å². The molecule has 0 aliphatic carbocycles. The predicted octanol–water partition coefficient (Wildman–Crippen LogP) is 1.15. The Kier molecular flexibility index (Phi) is 6.24. The van der Waals surface area contributed by atoms with Crippen LogP contribution in [-0.4, -0.2) is 30.4 Å². The molecule has 0 unspecified atom stereocenters. The van der Waals surface area contributed by atoms with Crippen LogP contribution in [0.3, 0.4) is 0 Å². The molecular weight excluding hydrogens is 164 g/mol. The second kappa shape index (κ2) is 6.66. The van der Waals surface area contributed by atoms with Crippen LogP contribution in [0, 0.1) is 0 Å². The highest BCUT2D eigenvalue weighted by atomic mass is 16.2. The molecule has 2 N–H and O–H groups in total. The lowest BCUT2D eigenvalue weighted by Crippen LogP contribution is -2.33. The van der Waals surface area contributed by atoms with Crippen molar-refractivity contribution in [3.63, 3.8) is 0 Å². The number of nitrogens with zero attached hydrogens (tertiary/aromatic N) is 1. The summed E-state index contributed by atoms with van der Waals surface area (Å²) in [7, 11) is 0. The molecule has 0 saturated heterocycles. The Bertz CT molecular complexity index is 178. The minimum absolute atomic E-state index is 0.0680. The molecule has 0 aromatic carbocycles. The van der Waals surface area contributed by atoms with Crippen LogP contribution in [0.2, 0.25) is 0 Å². The summed E-state index contributed by atoms with van der Waals surface area (Å²) in [5.74, 6) is 0.0680. The summed E-state index contributed by atoms with van der Waals surface area (Å²) in [6.07, 6.45) is 1.58. The molecule has 1 amide bonds. The van der Waals surface area contributed by atoms with E-state index in [0.717, 1.165) is 25.9 Å². The number of hydrogen-bond donors (Lipinski definition) is 1. The number of amides is 1. The van der Waals surface area contributed by atoms with E-state index < -0.39 is 0 Å². The maximum absolute atomic E-state index is 11.6. The lowest BCUT2D eigenvalue weighted by molar-refractivity contribution is -0.127. The second-order valence-electron chi connectivity index (χ2n) is 2.98. The molecular formula is C10H20N2O. The highest BCUT2D eigenvalue weighted by Gasteiger charge is 2.12. The number of nitrogens with two attached hydrogens (primary N) is 1. The van der Waals surface area contributed by atoms with Crippen molar-refractivity contribution in [1.82, 2.24) is 4.90 Å². The summed E-state index contributed by atoms with van der Waals surface area (Å²) in [6, 6.07) is 0. The Hall–Kier alpha value is -0.830. The average molecular weight is 184 g/mol. The van der Waals surface area contributed by atoms with Crippen molar-refractivity contribution in [3.05, 3.63) is 12.2 Å². The number of carbonyl (C=O) groups excluding carboxylic acids is 1. The summed E-state index contributed by atoms with van der Waals surface area (Å²) in [5.41, 5.74) is 6.06. The average Bonchev–Trinajstić information content (AvgIpc) is 2.17. The molecule has 0 fully saturated rings. The fourth-order valence-corrected chi connectivity index (χ4v) is 1.06. The molecule has 0 bridgehead atoms. The molecule has 0 spiro atoms. The molecule has 13 heavy (non-hydrogen) atoms. The molecule has 0 aromatic heterocycles. The van der Waals surface area contributed by atoms with Crippen LogP contribution in [0.4, 0.5) is 0 Å². The molecule has 3 heteroatoms. The molecule has 0 radical (unpaired) electrons. The van der Waals surface area contributed by atoms with Gasteiger partial charge in [-0.2, -0.15) is 0 Å². The molecule has 76 valence electrons. The van der Waals surface area contributed by atoms with Crippen molar-refractivity contribution >= 4 is 5.91 Å². The van der Waals surface area contributed by atoms with Crippen molar-refractivity contribution in [1.29, 1.82) is 0 Å². The van der Waals surface area contributed by atoms with Gasteiger partial charge in [0.15, 0.2) is 0 Å². The van der Waals surface area contributed by atoms with Gasteiger partial charge in [0.1, 0.15) is 0 Å². The van der Waals surface area contributed by atoms with E-state index in [4.69, 9.17) is 5.73 Å². The number of likely N-dealkylation sites (N-methyl/N-ethyl adjacent to an activating group) is 1. The Balaban J connectivity index is 4.06. The van der Waals surface area contributed by atoms with Gasteiger partial charge in [0.05, 0.1) is 0 Å². The number of rotatable bonds is 6. The normalized spacial score (nSPS) is 9.77. The van der Waals surface area contributed by atoms with Crippen LogP contribution in [0.5, 0.6) is 0 Å². The minimum Gasteiger partial charge on any atom is -0.339 e. The van der Waals surface area contributed by atoms with E-state index in [1.165, 1.54) is 0 Å². The fourth-order valence-electron chi connectivity index (χ4n) is 1.06. The smallest absolute Gasteiger partial charge is 0.249 e. The molecule has 0 saturated carbocycles. The van der Waals surface area contributed by atoms with Crippen LogP contribution >= 0.6 is 0 Å². The van der Waals surface area contributed by atoms with Crippen LogP contribution in [0.15, 0.2) is 12.2 Å². The van der Waals surface area contributed by atoms with E-state index in [1.54, 1.807) is 4.90 Å².